The summed E-state index contributed by atoms with van der Waals surface area (Å²) >= 11 is 0. The molecule has 6 nitrogen and oxygen atoms in total. The number of allylic oxidation sites excluding steroid dienone is 1. The summed E-state index contributed by atoms with van der Waals surface area (Å²) in [4.78, 5) is 27.8. The van der Waals surface area contributed by atoms with E-state index >= 15 is 0 Å². The van der Waals surface area contributed by atoms with Gasteiger partial charge in [-0.3, -0.25) is 9.59 Å². The molecule has 4 aliphatic rings. The first-order chi connectivity index (χ1) is 13.9. The van der Waals surface area contributed by atoms with Gasteiger partial charge in [0, 0.05) is 32.4 Å². The Bertz CT molecular complexity index is 702. The quantitative estimate of drug-likeness (QED) is 0.582. The van der Waals surface area contributed by atoms with Crippen LogP contribution in [0.15, 0.2) is 23.8 Å². The highest BCUT2D eigenvalue weighted by Gasteiger charge is 2.53. The first-order valence-corrected chi connectivity index (χ1v) is 11.0. The van der Waals surface area contributed by atoms with Gasteiger partial charge in [0.2, 0.25) is 11.8 Å². The Hall–Kier alpha value is -1.66. The second kappa shape index (κ2) is 8.23. The van der Waals surface area contributed by atoms with E-state index in [0.29, 0.717) is 38.3 Å². The lowest BCUT2D eigenvalue weighted by Crippen LogP contribution is -2.56. The second-order valence-corrected chi connectivity index (χ2v) is 9.83. The highest BCUT2D eigenvalue weighted by molar-refractivity contribution is 5.89. The molecule has 3 atom stereocenters. The lowest BCUT2D eigenvalue weighted by atomic mass is 9.75. The summed E-state index contributed by atoms with van der Waals surface area (Å²) in [6, 6.07) is -0.154. The molecule has 3 unspecified atom stereocenters. The van der Waals surface area contributed by atoms with Gasteiger partial charge in [-0.2, -0.15) is 0 Å². The molecule has 1 N–H and O–H groups in total. The first kappa shape index (κ1) is 20.6. The standard InChI is InChI=1S/C23H34N2O4/c1-22(2)8-5-17(6-9-22)14-20(26)24-18-4-3-11-25(15-18)21(27)23-10-13-29-19(23)7-12-28-16-23/h3-4,14,18-19H,5-13,15-16H2,1-2H3,(H,24,26). The van der Waals surface area contributed by atoms with E-state index in [1.807, 2.05) is 17.1 Å². The summed E-state index contributed by atoms with van der Waals surface area (Å²) < 4.78 is 11.5. The van der Waals surface area contributed by atoms with Crippen molar-refractivity contribution < 1.29 is 19.1 Å². The van der Waals surface area contributed by atoms with Gasteiger partial charge in [-0.05, 0) is 43.9 Å². The molecular weight excluding hydrogens is 368 g/mol. The van der Waals surface area contributed by atoms with Crippen molar-refractivity contribution in [2.24, 2.45) is 10.8 Å². The first-order valence-electron chi connectivity index (χ1n) is 11.0. The maximum Gasteiger partial charge on any atom is 0.244 e. The van der Waals surface area contributed by atoms with Crippen LogP contribution in [0, 0.1) is 10.8 Å². The molecule has 3 heterocycles. The predicted octanol–water partition coefficient (Wildman–Crippen LogP) is 2.59. The number of nitrogens with one attached hydrogen (secondary N) is 1. The molecule has 3 aliphatic heterocycles. The van der Waals surface area contributed by atoms with Crippen LogP contribution in [0.25, 0.3) is 0 Å². The summed E-state index contributed by atoms with van der Waals surface area (Å²) in [6.45, 7) is 7.38. The molecule has 0 aromatic heterocycles. The van der Waals surface area contributed by atoms with Gasteiger partial charge in [-0.15, -0.1) is 0 Å². The normalized spacial score (nSPS) is 33.9. The fourth-order valence-electron chi connectivity index (χ4n) is 5.08. The lowest BCUT2D eigenvalue weighted by molar-refractivity contribution is -0.157. The zero-order valence-corrected chi connectivity index (χ0v) is 17.7. The molecule has 1 saturated carbocycles. The van der Waals surface area contributed by atoms with Gasteiger partial charge in [-0.1, -0.05) is 31.6 Å². The van der Waals surface area contributed by atoms with Crippen LogP contribution in [0.5, 0.6) is 0 Å². The smallest absolute Gasteiger partial charge is 0.244 e. The number of amides is 2. The third kappa shape index (κ3) is 4.43. The Kier molecular flexibility index (Phi) is 5.85. The van der Waals surface area contributed by atoms with E-state index in [-0.39, 0.29) is 24.0 Å². The van der Waals surface area contributed by atoms with Crippen molar-refractivity contribution in [2.45, 2.75) is 64.5 Å². The third-order valence-electron chi connectivity index (χ3n) is 7.10. The second-order valence-electron chi connectivity index (χ2n) is 9.83. The van der Waals surface area contributed by atoms with Crippen LogP contribution >= 0.6 is 0 Å². The van der Waals surface area contributed by atoms with Crippen molar-refractivity contribution in [3.63, 3.8) is 0 Å². The van der Waals surface area contributed by atoms with Crippen LogP contribution in [0.4, 0.5) is 0 Å². The molecule has 6 heteroatoms. The summed E-state index contributed by atoms with van der Waals surface area (Å²) in [5.41, 5.74) is 1.07. The van der Waals surface area contributed by atoms with E-state index in [1.165, 1.54) is 5.57 Å². The number of hydrogen-bond donors (Lipinski definition) is 1. The van der Waals surface area contributed by atoms with Gasteiger partial charge < -0.3 is 19.7 Å². The topological polar surface area (TPSA) is 67.9 Å². The number of fused-ring (bicyclic) bond motifs is 1. The minimum atomic E-state index is -0.547. The van der Waals surface area contributed by atoms with E-state index in [4.69, 9.17) is 9.47 Å². The SMILES string of the molecule is CC1(C)CCC(=CC(=O)NC2C=CCN(C(=O)C34CCOC3CCOC4)C2)CC1. The molecule has 3 fully saturated rings. The zero-order chi connectivity index (χ0) is 20.5. The molecule has 0 bridgehead atoms. The highest BCUT2D eigenvalue weighted by Crippen LogP contribution is 2.42. The van der Waals surface area contributed by atoms with Crippen molar-refractivity contribution in [1.82, 2.24) is 10.2 Å². The molecule has 0 aromatic carbocycles. The van der Waals surface area contributed by atoms with Crippen LogP contribution in [-0.2, 0) is 19.1 Å². The van der Waals surface area contributed by atoms with E-state index in [0.717, 1.165) is 38.5 Å². The molecule has 0 aromatic rings. The molecule has 1 aliphatic carbocycles. The largest absolute Gasteiger partial charge is 0.380 e. The van der Waals surface area contributed by atoms with Gasteiger partial charge >= 0.3 is 0 Å². The maximum atomic E-state index is 13.4. The van der Waals surface area contributed by atoms with E-state index in [9.17, 15) is 9.59 Å². The van der Waals surface area contributed by atoms with Gasteiger partial charge in [-0.25, -0.2) is 0 Å². The average Bonchev–Trinajstić information content (AvgIpc) is 3.14. The Balaban J connectivity index is 1.35. The minimum Gasteiger partial charge on any atom is -0.380 e. The number of hydrogen-bond acceptors (Lipinski definition) is 4. The van der Waals surface area contributed by atoms with Crippen LogP contribution < -0.4 is 5.32 Å². The molecule has 0 spiro atoms. The number of rotatable bonds is 3. The van der Waals surface area contributed by atoms with Gasteiger partial charge in [0.05, 0.1) is 18.8 Å². The van der Waals surface area contributed by atoms with Crippen molar-refractivity contribution in [3.05, 3.63) is 23.8 Å². The highest BCUT2D eigenvalue weighted by atomic mass is 16.5. The maximum absolute atomic E-state index is 13.4. The van der Waals surface area contributed by atoms with E-state index in [2.05, 4.69) is 19.2 Å². The van der Waals surface area contributed by atoms with Crippen LogP contribution in [-0.4, -0.2) is 61.8 Å². The summed E-state index contributed by atoms with van der Waals surface area (Å²) in [7, 11) is 0. The van der Waals surface area contributed by atoms with Crippen molar-refractivity contribution in [3.8, 4) is 0 Å². The predicted molar refractivity (Wildman–Crippen MR) is 110 cm³/mol. The van der Waals surface area contributed by atoms with E-state index in [1.54, 1.807) is 6.08 Å². The fraction of sp³-hybridized carbons (Fsp3) is 0.739. The molecule has 2 amide bonds. The number of carbonyl (C=O) groups is 2. The monoisotopic (exact) mass is 402 g/mol. The average molecular weight is 403 g/mol. The Morgan fingerprint density at radius 1 is 1.21 bits per heavy atom. The summed E-state index contributed by atoms with van der Waals surface area (Å²) in [6.07, 6.45) is 11.5. The molecular formula is C23H34N2O4. The van der Waals surface area contributed by atoms with Gasteiger partial charge in [0.15, 0.2) is 0 Å². The molecule has 4 rings (SSSR count). The lowest BCUT2D eigenvalue weighted by Gasteiger charge is -2.41. The molecule has 160 valence electrons. The van der Waals surface area contributed by atoms with Crippen molar-refractivity contribution in [2.75, 3.05) is 32.9 Å². The zero-order valence-electron chi connectivity index (χ0n) is 17.7. The number of nitrogens with zero attached hydrogens (tertiary/aromatic N) is 1. The van der Waals surface area contributed by atoms with Gasteiger partial charge in [0.25, 0.3) is 0 Å². The van der Waals surface area contributed by atoms with Crippen molar-refractivity contribution >= 4 is 11.8 Å². The number of carbonyl (C=O) groups excluding carboxylic acids is 2. The summed E-state index contributed by atoms with van der Waals surface area (Å²) in [5, 5.41) is 3.07. The minimum absolute atomic E-state index is 0.0389. The fourth-order valence-corrected chi connectivity index (χ4v) is 5.08. The third-order valence-corrected chi connectivity index (χ3v) is 7.10. The number of ether oxygens (including phenoxy) is 2. The van der Waals surface area contributed by atoms with Crippen LogP contribution in [0.2, 0.25) is 0 Å². The van der Waals surface area contributed by atoms with Gasteiger partial charge in [0.1, 0.15) is 5.41 Å². The van der Waals surface area contributed by atoms with Crippen LogP contribution in [0.1, 0.15) is 52.4 Å². The molecule has 29 heavy (non-hydrogen) atoms. The van der Waals surface area contributed by atoms with E-state index < -0.39 is 5.41 Å². The summed E-state index contributed by atoms with van der Waals surface area (Å²) in [5.74, 6) is 0.0565. The Labute approximate surface area is 173 Å². The Morgan fingerprint density at radius 3 is 2.79 bits per heavy atom. The Morgan fingerprint density at radius 2 is 2.00 bits per heavy atom. The van der Waals surface area contributed by atoms with Crippen molar-refractivity contribution in [1.29, 1.82) is 0 Å². The molecule has 0 radical (unpaired) electrons. The molecule has 2 saturated heterocycles. The van der Waals surface area contributed by atoms with Crippen LogP contribution in [0.3, 0.4) is 0 Å².